The SMILES string of the molecule is COC(=O)c1ccc(CN2CCCSCC2)c(Br)c1. The summed E-state index contributed by atoms with van der Waals surface area (Å²) < 4.78 is 5.70. The second-order valence-corrected chi connectivity index (χ2v) is 6.62. The van der Waals surface area contributed by atoms with Crippen molar-refractivity contribution in [3.63, 3.8) is 0 Å². The lowest BCUT2D eigenvalue weighted by atomic mass is 10.1. The van der Waals surface area contributed by atoms with Crippen LogP contribution in [0.25, 0.3) is 0 Å². The van der Waals surface area contributed by atoms with Crippen molar-refractivity contribution in [2.45, 2.75) is 13.0 Å². The van der Waals surface area contributed by atoms with Crippen LogP contribution in [0.5, 0.6) is 0 Å². The van der Waals surface area contributed by atoms with Crippen LogP contribution in [-0.4, -0.2) is 42.6 Å². The first-order valence-electron chi connectivity index (χ1n) is 6.37. The number of rotatable bonds is 3. The fourth-order valence-electron chi connectivity index (χ4n) is 2.12. The van der Waals surface area contributed by atoms with E-state index in [1.165, 1.54) is 30.6 Å². The topological polar surface area (TPSA) is 29.5 Å². The number of methoxy groups -OCH3 is 1. The maximum absolute atomic E-state index is 11.5. The summed E-state index contributed by atoms with van der Waals surface area (Å²) in [5.74, 6) is 2.18. The Morgan fingerprint density at radius 1 is 1.42 bits per heavy atom. The molecule has 0 N–H and O–H groups in total. The number of esters is 1. The summed E-state index contributed by atoms with van der Waals surface area (Å²) in [5.41, 5.74) is 1.81. The Morgan fingerprint density at radius 3 is 3.00 bits per heavy atom. The van der Waals surface area contributed by atoms with Gasteiger partial charge in [0, 0.05) is 23.3 Å². The molecule has 0 spiro atoms. The van der Waals surface area contributed by atoms with Crippen molar-refractivity contribution >= 4 is 33.7 Å². The minimum atomic E-state index is -0.293. The monoisotopic (exact) mass is 343 g/mol. The third kappa shape index (κ3) is 4.23. The number of benzene rings is 1. The minimum absolute atomic E-state index is 0.293. The summed E-state index contributed by atoms with van der Waals surface area (Å²) in [5, 5.41) is 0. The van der Waals surface area contributed by atoms with Crippen molar-refractivity contribution in [3.05, 3.63) is 33.8 Å². The molecule has 1 aliphatic heterocycles. The Hall–Kier alpha value is -0.520. The summed E-state index contributed by atoms with van der Waals surface area (Å²) in [4.78, 5) is 13.9. The van der Waals surface area contributed by atoms with Gasteiger partial charge in [-0.3, -0.25) is 4.90 Å². The summed E-state index contributed by atoms with van der Waals surface area (Å²) in [6.07, 6.45) is 1.25. The van der Waals surface area contributed by atoms with Crippen molar-refractivity contribution in [1.82, 2.24) is 4.90 Å². The molecule has 0 amide bonds. The van der Waals surface area contributed by atoms with E-state index in [2.05, 4.69) is 20.8 Å². The highest BCUT2D eigenvalue weighted by Crippen LogP contribution is 2.22. The van der Waals surface area contributed by atoms with Crippen LogP contribution in [-0.2, 0) is 11.3 Å². The highest BCUT2D eigenvalue weighted by molar-refractivity contribution is 9.10. The van der Waals surface area contributed by atoms with E-state index in [0.717, 1.165) is 24.1 Å². The smallest absolute Gasteiger partial charge is 0.337 e. The molecule has 3 nitrogen and oxygen atoms in total. The molecule has 0 radical (unpaired) electrons. The number of carbonyl (C=O) groups is 1. The Bertz CT molecular complexity index is 445. The summed E-state index contributed by atoms with van der Waals surface area (Å²) in [7, 11) is 1.40. The van der Waals surface area contributed by atoms with Gasteiger partial charge in [-0.15, -0.1) is 0 Å². The number of nitrogens with zero attached hydrogens (tertiary/aromatic N) is 1. The van der Waals surface area contributed by atoms with E-state index in [-0.39, 0.29) is 5.97 Å². The maximum Gasteiger partial charge on any atom is 0.337 e. The molecule has 104 valence electrons. The van der Waals surface area contributed by atoms with Crippen molar-refractivity contribution in [1.29, 1.82) is 0 Å². The van der Waals surface area contributed by atoms with Gasteiger partial charge in [0.2, 0.25) is 0 Å². The van der Waals surface area contributed by atoms with E-state index in [4.69, 9.17) is 4.74 Å². The summed E-state index contributed by atoms with van der Waals surface area (Å²) in [6, 6.07) is 5.68. The Labute approximate surface area is 126 Å². The predicted octanol–water partition coefficient (Wildman–Crippen LogP) is 3.17. The first-order valence-corrected chi connectivity index (χ1v) is 8.32. The zero-order valence-electron chi connectivity index (χ0n) is 11.0. The van der Waals surface area contributed by atoms with E-state index in [9.17, 15) is 4.79 Å². The predicted molar refractivity (Wildman–Crippen MR) is 82.7 cm³/mol. The first-order chi connectivity index (χ1) is 9.20. The van der Waals surface area contributed by atoms with Crippen LogP contribution in [0.3, 0.4) is 0 Å². The van der Waals surface area contributed by atoms with Gasteiger partial charge in [0.1, 0.15) is 0 Å². The molecule has 1 aliphatic rings. The first kappa shape index (κ1) is 14.9. The van der Waals surface area contributed by atoms with Crippen molar-refractivity contribution < 1.29 is 9.53 Å². The van der Waals surface area contributed by atoms with Gasteiger partial charge >= 0.3 is 5.97 Å². The van der Waals surface area contributed by atoms with Gasteiger partial charge in [-0.05, 0) is 36.4 Å². The molecule has 0 saturated carbocycles. The number of carbonyl (C=O) groups excluding carboxylic acids is 1. The molecule has 0 atom stereocenters. The number of hydrogen-bond acceptors (Lipinski definition) is 4. The zero-order valence-corrected chi connectivity index (χ0v) is 13.4. The van der Waals surface area contributed by atoms with E-state index < -0.39 is 0 Å². The van der Waals surface area contributed by atoms with Crippen LogP contribution in [0.2, 0.25) is 0 Å². The van der Waals surface area contributed by atoms with E-state index in [0.29, 0.717) is 5.56 Å². The molecule has 0 bridgehead atoms. The van der Waals surface area contributed by atoms with Crippen LogP contribution < -0.4 is 0 Å². The Balaban J connectivity index is 2.05. The highest BCUT2D eigenvalue weighted by atomic mass is 79.9. The van der Waals surface area contributed by atoms with Crippen molar-refractivity contribution in [2.24, 2.45) is 0 Å². The quantitative estimate of drug-likeness (QED) is 0.788. The largest absolute Gasteiger partial charge is 0.465 e. The minimum Gasteiger partial charge on any atom is -0.465 e. The third-order valence-electron chi connectivity index (χ3n) is 3.18. The van der Waals surface area contributed by atoms with E-state index >= 15 is 0 Å². The standard InChI is InChI=1S/C14H18BrNO2S/c1-18-14(17)11-3-4-12(13(15)9-11)10-16-5-2-7-19-8-6-16/h3-4,9H,2,5-8,10H2,1H3. The molecule has 1 saturated heterocycles. The molecular weight excluding hydrogens is 326 g/mol. The molecule has 1 heterocycles. The normalized spacial score (nSPS) is 16.9. The van der Waals surface area contributed by atoms with Gasteiger partial charge < -0.3 is 4.74 Å². The lowest BCUT2D eigenvalue weighted by molar-refractivity contribution is 0.0600. The molecule has 2 rings (SSSR count). The summed E-state index contributed by atoms with van der Waals surface area (Å²) >= 11 is 5.58. The molecule has 0 aliphatic carbocycles. The third-order valence-corrected chi connectivity index (χ3v) is 4.97. The molecule has 0 unspecified atom stereocenters. The zero-order chi connectivity index (χ0) is 13.7. The highest BCUT2D eigenvalue weighted by Gasteiger charge is 2.13. The number of hydrogen-bond donors (Lipinski definition) is 0. The van der Waals surface area contributed by atoms with Gasteiger partial charge in [0.15, 0.2) is 0 Å². The maximum atomic E-state index is 11.5. The van der Waals surface area contributed by atoms with Gasteiger partial charge in [0.05, 0.1) is 12.7 Å². The number of ether oxygens (including phenoxy) is 1. The molecule has 1 aromatic carbocycles. The van der Waals surface area contributed by atoms with Crippen LogP contribution in [0.4, 0.5) is 0 Å². The van der Waals surface area contributed by atoms with Gasteiger partial charge in [0.25, 0.3) is 0 Å². The van der Waals surface area contributed by atoms with Gasteiger partial charge in [-0.25, -0.2) is 4.79 Å². The average molecular weight is 344 g/mol. The lowest BCUT2D eigenvalue weighted by Crippen LogP contribution is -2.25. The molecule has 5 heteroatoms. The molecule has 1 fully saturated rings. The molecular formula is C14H18BrNO2S. The van der Waals surface area contributed by atoms with Crippen molar-refractivity contribution in [3.8, 4) is 0 Å². The van der Waals surface area contributed by atoms with Crippen molar-refractivity contribution in [2.75, 3.05) is 31.7 Å². The Morgan fingerprint density at radius 2 is 2.26 bits per heavy atom. The second-order valence-electron chi connectivity index (χ2n) is 4.54. The molecule has 1 aromatic rings. The fraction of sp³-hybridized carbons (Fsp3) is 0.500. The van der Waals surface area contributed by atoms with Gasteiger partial charge in [-0.2, -0.15) is 11.8 Å². The lowest BCUT2D eigenvalue weighted by Gasteiger charge is -2.20. The van der Waals surface area contributed by atoms with Crippen LogP contribution in [0, 0.1) is 0 Å². The average Bonchev–Trinajstić information content (AvgIpc) is 2.68. The van der Waals surface area contributed by atoms with E-state index in [1.807, 2.05) is 30.0 Å². The fourth-order valence-corrected chi connectivity index (χ4v) is 3.55. The van der Waals surface area contributed by atoms with Crippen LogP contribution in [0.1, 0.15) is 22.3 Å². The second kappa shape index (κ2) is 7.31. The van der Waals surface area contributed by atoms with Crippen LogP contribution >= 0.6 is 27.7 Å². The van der Waals surface area contributed by atoms with E-state index in [1.54, 1.807) is 0 Å². The number of thioether (sulfide) groups is 1. The van der Waals surface area contributed by atoms with Crippen LogP contribution in [0.15, 0.2) is 22.7 Å². The summed E-state index contributed by atoms with van der Waals surface area (Å²) in [6.45, 7) is 3.22. The van der Waals surface area contributed by atoms with Gasteiger partial charge in [-0.1, -0.05) is 22.0 Å². The Kier molecular flexibility index (Phi) is 5.73. The molecule has 19 heavy (non-hydrogen) atoms. The number of halogens is 1. The molecule has 0 aromatic heterocycles.